The van der Waals surface area contributed by atoms with Crippen LogP contribution in [0, 0.1) is 0 Å². The second-order valence-corrected chi connectivity index (χ2v) is 4.76. The van der Waals surface area contributed by atoms with Gasteiger partial charge in [0.05, 0.1) is 6.67 Å². The molecule has 2 rings (SSSR count). The normalized spacial score (nSPS) is 26.0. The zero-order valence-corrected chi connectivity index (χ0v) is 10.4. The Morgan fingerprint density at radius 2 is 2.12 bits per heavy atom. The second-order valence-electron chi connectivity index (χ2n) is 4.76. The molecule has 1 saturated heterocycles. The average Bonchev–Trinajstić information content (AvgIpc) is 2.39. The molecule has 1 aliphatic heterocycles. The Bertz CT molecular complexity index is 328. The lowest BCUT2D eigenvalue weighted by Gasteiger charge is -2.39. The van der Waals surface area contributed by atoms with E-state index in [4.69, 9.17) is 0 Å². The minimum Gasteiger partial charge on any atom is -0.307 e. The molecule has 0 amide bonds. The number of hydrogen-bond acceptors (Lipinski definition) is 2. The van der Waals surface area contributed by atoms with E-state index in [-0.39, 0.29) is 6.67 Å². The minimum absolute atomic E-state index is 0.216. The molecular formula is C14H21FN2. The summed E-state index contributed by atoms with van der Waals surface area (Å²) < 4.78 is 12.3. The van der Waals surface area contributed by atoms with Gasteiger partial charge in [0.25, 0.3) is 0 Å². The number of alkyl halides is 1. The summed E-state index contributed by atoms with van der Waals surface area (Å²) in [5.74, 6) is 0. The smallest absolute Gasteiger partial charge is 0.0906 e. The van der Waals surface area contributed by atoms with Gasteiger partial charge in [-0.25, -0.2) is 0 Å². The number of nitrogens with zero attached hydrogens (tertiary/aromatic N) is 1. The van der Waals surface area contributed by atoms with Crippen molar-refractivity contribution in [2.24, 2.45) is 0 Å². The third-order valence-corrected chi connectivity index (χ3v) is 3.48. The van der Waals surface area contributed by atoms with Crippen molar-refractivity contribution in [1.82, 2.24) is 10.2 Å². The summed E-state index contributed by atoms with van der Waals surface area (Å²) in [4.78, 5) is 2.38. The van der Waals surface area contributed by atoms with Gasteiger partial charge in [-0.05, 0) is 18.9 Å². The maximum absolute atomic E-state index is 12.3. The highest BCUT2D eigenvalue weighted by Gasteiger charge is 2.25. The fourth-order valence-electron chi connectivity index (χ4n) is 2.40. The number of piperazine rings is 1. The Morgan fingerprint density at radius 1 is 1.35 bits per heavy atom. The summed E-state index contributed by atoms with van der Waals surface area (Å²) >= 11 is 0. The molecule has 0 bridgehead atoms. The van der Waals surface area contributed by atoms with Crippen molar-refractivity contribution in [3.05, 3.63) is 35.9 Å². The van der Waals surface area contributed by atoms with Crippen LogP contribution in [0.3, 0.4) is 0 Å². The molecule has 0 saturated carbocycles. The quantitative estimate of drug-likeness (QED) is 0.863. The van der Waals surface area contributed by atoms with Gasteiger partial charge in [-0.15, -0.1) is 0 Å². The van der Waals surface area contributed by atoms with Gasteiger partial charge in [0, 0.05) is 31.7 Å². The van der Waals surface area contributed by atoms with Crippen molar-refractivity contribution in [3.8, 4) is 0 Å². The molecule has 2 nitrogen and oxygen atoms in total. The SMILES string of the molecule is CC1CNC(c2ccccc2)CN1CCCF. The lowest BCUT2D eigenvalue weighted by atomic mass is 10.0. The molecule has 1 aromatic rings. The van der Waals surface area contributed by atoms with E-state index in [0.29, 0.717) is 18.5 Å². The molecule has 2 unspecified atom stereocenters. The van der Waals surface area contributed by atoms with Crippen LogP contribution in [0.25, 0.3) is 0 Å². The van der Waals surface area contributed by atoms with E-state index >= 15 is 0 Å². The van der Waals surface area contributed by atoms with E-state index < -0.39 is 0 Å². The lowest BCUT2D eigenvalue weighted by molar-refractivity contribution is 0.136. The van der Waals surface area contributed by atoms with Crippen LogP contribution in [0.1, 0.15) is 24.9 Å². The van der Waals surface area contributed by atoms with Gasteiger partial charge in [0.1, 0.15) is 0 Å². The van der Waals surface area contributed by atoms with Crippen LogP contribution < -0.4 is 5.32 Å². The summed E-state index contributed by atoms with van der Waals surface area (Å²) in [5, 5.41) is 3.56. The number of hydrogen-bond donors (Lipinski definition) is 1. The van der Waals surface area contributed by atoms with E-state index in [1.54, 1.807) is 0 Å². The van der Waals surface area contributed by atoms with Crippen molar-refractivity contribution >= 4 is 0 Å². The maximum atomic E-state index is 12.3. The topological polar surface area (TPSA) is 15.3 Å². The predicted molar refractivity (Wildman–Crippen MR) is 68.8 cm³/mol. The van der Waals surface area contributed by atoms with Gasteiger partial charge in [-0.2, -0.15) is 0 Å². The molecule has 0 spiro atoms. The van der Waals surface area contributed by atoms with E-state index in [1.165, 1.54) is 5.56 Å². The summed E-state index contributed by atoms with van der Waals surface area (Å²) in [6.07, 6.45) is 0.645. The predicted octanol–water partition coefficient (Wildman–Crippen LogP) is 2.38. The van der Waals surface area contributed by atoms with Crippen LogP contribution in [0.5, 0.6) is 0 Å². The largest absolute Gasteiger partial charge is 0.307 e. The molecule has 1 heterocycles. The number of rotatable bonds is 4. The molecular weight excluding hydrogens is 215 g/mol. The molecule has 1 aliphatic rings. The van der Waals surface area contributed by atoms with Crippen LogP contribution in [0.2, 0.25) is 0 Å². The molecule has 1 N–H and O–H groups in total. The summed E-state index contributed by atoms with van der Waals surface area (Å²) in [6, 6.07) is 11.4. The first-order chi connectivity index (χ1) is 8.31. The van der Waals surface area contributed by atoms with Gasteiger partial charge in [0.15, 0.2) is 0 Å². The van der Waals surface area contributed by atoms with Gasteiger partial charge in [-0.1, -0.05) is 30.3 Å². The van der Waals surface area contributed by atoms with Crippen LogP contribution in [0.4, 0.5) is 4.39 Å². The van der Waals surface area contributed by atoms with Crippen molar-refractivity contribution in [2.45, 2.75) is 25.4 Å². The standard InChI is InChI=1S/C14H21FN2/c1-12-10-16-14(11-17(12)9-5-8-15)13-6-3-2-4-7-13/h2-4,6-7,12,14,16H,5,8-11H2,1H3. The van der Waals surface area contributed by atoms with Gasteiger partial charge in [0.2, 0.25) is 0 Å². The Morgan fingerprint density at radius 3 is 2.82 bits per heavy atom. The van der Waals surface area contributed by atoms with Crippen LogP contribution >= 0.6 is 0 Å². The number of benzene rings is 1. The molecule has 2 atom stereocenters. The molecule has 0 aliphatic carbocycles. The van der Waals surface area contributed by atoms with Gasteiger partial charge in [-0.3, -0.25) is 9.29 Å². The van der Waals surface area contributed by atoms with E-state index in [0.717, 1.165) is 19.6 Å². The Hall–Kier alpha value is -0.930. The van der Waals surface area contributed by atoms with Gasteiger partial charge >= 0.3 is 0 Å². The molecule has 1 aromatic carbocycles. The Kier molecular flexibility index (Phi) is 4.51. The third kappa shape index (κ3) is 3.27. The maximum Gasteiger partial charge on any atom is 0.0906 e. The van der Waals surface area contributed by atoms with E-state index in [9.17, 15) is 4.39 Å². The molecule has 0 aromatic heterocycles. The lowest BCUT2D eigenvalue weighted by Crippen LogP contribution is -2.51. The van der Waals surface area contributed by atoms with Crippen LogP contribution in [-0.2, 0) is 0 Å². The van der Waals surface area contributed by atoms with Crippen molar-refractivity contribution in [1.29, 1.82) is 0 Å². The highest BCUT2D eigenvalue weighted by Crippen LogP contribution is 2.19. The fourth-order valence-corrected chi connectivity index (χ4v) is 2.40. The first-order valence-electron chi connectivity index (χ1n) is 6.39. The molecule has 3 heteroatoms. The Balaban J connectivity index is 1.97. The fraction of sp³-hybridized carbons (Fsp3) is 0.571. The van der Waals surface area contributed by atoms with Crippen molar-refractivity contribution in [2.75, 3.05) is 26.3 Å². The molecule has 1 fully saturated rings. The zero-order chi connectivity index (χ0) is 12.1. The number of nitrogens with one attached hydrogen (secondary N) is 1. The molecule has 0 radical (unpaired) electrons. The Labute approximate surface area is 103 Å². The first kappa shape index (κ1) is 12.5. The molecule has 17 heavy (non-hydrogen) atoms. The minimum atomic E-state index is -0.216. The zero-order valence-electron chi connectivity index (χ0n) is 10.4. The average molecular weight is 236 g/mol. The monoisotopic (exact) mass is 236 g/mol. The molecule has 94 valence electrons. The number of halogens is 1. The van der Waals surface area contributed by atoms with E-state index in [2.05, 4.69) is 41.4 Å². The van der Waals surface area contributed by atoms with Crippen LogP contribution in [-0.4, -0.2) is 37.3 Å². The summed E-state index contributed by atoms with van der Waals surface area (Å²) in [7, 11) is 0. The summed E-state index contributed by atoms with van der Waals surface area (Å²) in [6.45, 7) is 4.80. The third-order valence-electron chi connectivity index (χ3n) is 3.48. The first-order valence-corrected chi connectivity index (χ1v) is 6.39. The highest BCUT2D eigenvalue weighted by atomic mass is 19.1. The van der Waals surface area contributed by atoms with Crippen molar-refractivity contribution < 1.29 is 4.39 Å². The summed E-state index contributed by atoms with van der Waals surface area (Å²) in [5.41, 5.74) is 1.32. The van der Waals surface area contributed by atoms with E-state index in [1.807, 2.05) is 6.07 Å². The highest BCUT2D eigenvalue weighted by molar-refractivity contribution is 5.20. The second kappa shape index (κ2) is 6.12. The van der Waals surface area contributed by atoms with Gasteiger partial charge < -0.3 is 5.32 Å². The van der Waals surface area contributed by atoms with Crippen molar-refractivity contribution in [3.63, 3.8) is 0 Å². The van der Waals surface area contributed by atoms with Crippen LogP contribution in [0.15, 0.2) is 30.3 Å².